The van der Waals surface area contributed by atoms with Gasteiger partial charge in [-0.25, -0.2) is 0 Å². The molecule has 2 N–H and O–H groups in total. The zero-order valence-corrected chi connectivity index (χ0v) is 9.55. The smallest absolute Gasteiger partial charge is 0.0175 e. The third-order valence-electron chi connectivity index (χ3n) is 2.16. The highest BCUT2D eigenvalue weighted by Gasteiger charge is 2.01. The number of rotatable bonds is 4. The van der Waals surface area contributed by atoms with E-state index in [4.69, 9.17) is 5.73 Å². The number of nitrogens with two attached hydrogens (primary N) is 1. The lowest BCUT2D eigenvalue weighted by molar-refractivity contribution is 0.538. The minimum atomic E-state index is 0.686. The summed E-state index contributed by atoms with van der Waals surface area (Å²) in [6, 6.07) is 8.50. The Morgan fingerprint density at radius 1 is 1.31 bits per heavy atom. The highest BCUT2D eigenvalue weighted by molar-refractivity contribution is 9.10. The lowest BCUT2D eigenvalue weighted by Gasteiger charge is -2.09. The van der Waals surface area contributed by atoms with Crippen LogP contribution in [0.5, 0.6) is 0 Å². The van der Waals surface area contributed by atoms with Gasteiger partial charge in [0.1, 0.15) is 0 Å². The first-order valence-electron chi connectivity index (χ1n) is 4.67. The maximum Gasteiger partial charge on any atom is 0.0175 e. The van der Waals surface area contributed by atoms with E-state index < -0.39 is 0 Å². The average Bonchev–Trinajstić information content (AvgIpc) is 2.09. The van der Waals surface area contributed by atoms with E-state index in [1.807, 2.05) is 0 Å². The summed E-state index contributed by atoms with van der Waals surface area (Å²) in [5.41, 5.74) is 6.89. The third kappa shape index (κ3) is 3.92. The van der Waals surface area contributed by atoms with Crippen LogP contribution >= 0.6 is 15.9 Å². The van der Waals surface area contributed by atoms with E-state index in [1.54, 1.807) is 0 Å². The molecule has 2 heteroatoms. The van der Waals surface area contributed by atoms with E-state index >= 15 is 0 Å². The van der Waals surface area contributed by atoms with Crippen molar-refractivity contribution in [2.24, 2.45) is 11.7 Å². The molecule has 72 valence electrons. The number of halogens is 1. The van der Waals surface area contributed by atoms with Crippen LogP contribution in [-0.4, -0.2) is 6.54 Å². The molecular weight excluding hydrogens is 226 g/mol. The molecule has 0 saturated carbocycles. The van der Waals surface area contributed by atoms with E-state index in [0.717, 1.165) is 23.9 Å². The molecule has 1 aromatic carbocycles. The summed E-state index contributed by atoms with van der Waals surface area (Å²) in [6.45, 7) is 3.03. The Morgan fingerprint density at radius 3 is 2.46 bits per heavy atom. The van der Waals surface area contributed by atoms with Crippen LogP contribution in [-0.2, 0) is 6.42 Å². The Bertz CT molecular complexity index is 243. The first-order chi connectivity index (χ1) is 6.22. The molecule has 1 aromatic rings. The molecule has 1 rings (SSSR count). The second kappa shape index (κ2) is 5.40. The van der Waals surface area contributed by atoms with Crippen molar-refractivity contribution in [1.29, 1.82) is 0 Å². The SMILES string of the molecule is CC(CCN)Cc1ccc(Br)cc1. The molecule has 0 saturated heterocycles. The standard InChI is InChI=1S/C11H16BrN/c1-9(6-7-13)8-10-2-4-11(12)5-3-10/h2-5,9H,6-8,13H2,1H3. The molecule has 0 aliphatic rings. The molecule has 1 nitrogen and oxygen atoms in total. The zero-order chi connectivity index (χ0) is 9.68. The maximum absolute atomic E-state index is 5.50. The van der Waals surface area contributed by atoms with Crippen molar-refractivity contribution in [3.63, 3.8) is 0 Å². The molecule has 0 bridgehead atoms. The summed E-state index contributed by atoms with van der Waals surface area (Å²) < 4.78 is 1.14. The van der Waals surface area contributed by atoms with Crippen LogP contribution in [0.3, 0.4) is 0 Å². The van der Waals surface area contributed by atoms with Crippen molar-refractivity contribution in [2.45, 2.75) is 19.8 Å². The monoisotopic (exact) mass is 241 g/mol. The minimum absolute atomic E-state index is 0.686. The molecule has 1 unspecified atom stereocenters. The van der Waals surface area contributed by atoms with Gasteiger partial charge < -0.3 is 5.73 Å². The van der Waals surface area contributed by atoms with Gasteiger partial charge in [0.15, 0.2) is 0 Å². The molecule has 1 atom stereocenters. The van der Waals surface area contributed by atoms with E-state index in [0.29, 0.717) is 5.92 Å². The van der Waals surface area contributed by atoms with E-state index in [2.05, 4.69) is 47.1 Å². The normalized spacial score (nSPS) is 12.8. The molecule has 0 radical (unpaired) electrons. The van der Waals surface area contributed by atoms with Crippen molar-refractivity contribution in [1.82, 2.24) is 0 Å². The Hall–Kier alpha value is -0.340. The van der Waals surface area contributed by atoms with Crippen LogP contribution < -0.4 is 5.73 Å². The predicted octanol–water partition coefficient (Wildman–Crippen LogP) is 2.98. The molecular formula is C11H16BrN. The van der Waals surface area contributed by atoms with Gasteiger partial charge in [-0.3, -0.25) is 0 Å². The van der Waals surface area contributed by atoms with Crippen molar-refractivity contribution in [3.8, 4) is 0 Å². The molecule has 0 amide bonds. The van der Waals surface area contributed by atoms with Crippen LogP contribution in [0.15, 0.2) is 28.7 Å². The Labute approximate surface area is 88.5 Å². The first-order valence-corrected chi connectivity index (χ1v) is 5.46. The summed E-state index contributed by atoms with van der Waals surface area (Å²) in [6.07, 6.45) is 2.24. The summed E-state index contributed by atoms with van der Waals surface area (Å²) >= 11 is 3.42. The lowest BCUT2D eigenvalue weighted by atomic mass is 9.98. The van der Waals surface area contributed by atoms with Crippen LogP contribution in [0.25, 0.3) is 0 Å². The fraction of sp³-hybridized carbons (Fsp3) is 0.455. The summed E-state index contributed by atoms with van der Waals surface area (Å²) in [7, 11) is 0. The second-order valence-corrected chi connectivity index (χ2v) is 4.43. The van der Waals surface area contributed by atoms with Gasteiger partial charge in [-0.1, -0.05) is 35.0 Å². The van der Waals surface area contributed by atoms with Gasteiger partial charge in [0, 0.05) is 4.47 Å². The van der Waals surface area contributed by atoms with Gasteiger partial charge in [0.25, 0.3) is 0 Å². The van der Waals surface area contributed by atoms with Gasteiger partial charge in [0.05, 0.1) is 0 Å². The van der Waals surface area contributed by atoms with E-state index in [1.165, 1.54) is 5.56 Å². The Balaban J connectivity index is 2.49. The van der Waals surface area contributed by atoms with Crippen LogP contribution in [0, 0.1) is 5.92 Å². The summed E-state index contributed by atoms with van der Waals surface area (Å²) in [4.78, 5) is 0. The minimum Gasteiger partial charge on any atom is -0.330 e. The Morgan fingerprint density at radius 2 is 1.92 bits per heavy atom. The van der Waals surface area contributed by atoms with Gasteiger partial charge in [0.2, 0.25) is 0 Å². The number of hydrogen-bond acceptors (Lipinski definition) is 1. The maximum atomic E-state index is 5.50. The predicted molar refractivity (Wildman–Crippen MR) is 60.7 cm³/mol. The molecule has 0 heterocycles. The molecule has 0 aliphatic carbocycles. The van der Waals surface area contributed by atoms with Crippen molar-refractivity contribution >= 4 is 15.9 Å². The largest absolute Gasteiger partial charge is 0.330 e. The van der Waals surface area contributed by atoms with Crippen molar-refractivity contribution in [3.05, 3.63) is 34.3 Å². The zero-order valence-electron chi connectivity index (χ0n) is 7.96. The number of hydrogen-bond donors (Lipinski definition) is 1. The number of benzene rings is 1. The fourth-order valence-electron chi connectivity index (χ4n) is 1.41. The third-order valence-corrected chi connectivity index (χ3v) is 2.69. The lowest BCUT2D eigenvalue weighted by Crippen LogP contribution is -2.07. The highest BCUT2D eigenvalue weighted by atomic mass is 79.9. The van der Waals surface area contributed by atoms with Crippen molar-refractivity contribution < 1.29 is 0 Å². The topological polar surface area (TPSA) is 26.0 Å². The second-order valence-electron chi connectivity index (χ2n) is 3.51. The first kappa shape index (κ1) is 10.7. The molecule has 0 aromatic heterocycles. The van der Waals surface area contributed by atoms with Gasteiger partial charge in [-0.2, -0.15) is 0 Å². The van der Waals surface area contributed by atoms with Crippen LogP contribution in [0.4, 0.5) is 0 Å². The summed E-state index contributed by atoms with van der Waals surface area (Å²) in [5.74, 6) is 0.686. The Kier molecular flexibility index (Phi) is 4.46. The van der Waals surface area contributed by atoms with Crippen LogP contribution in [0.1, 0.15) is 18.9 Å². The molecule has 13 heavy (non-hydrogen) atoms. The van der Waals surface area contributed by atoms with Gasteiger partial charge in [-0.05, 0) is 43.0 Å². The molecule has 0 fully saturated rings. The van der Waals surface area contributed by atoms with Crippen molar-refractivity contribution in [2.75, 3.05) is 6.54 Å². The van der Waals surface area contributed by atoms with E-state index in [-0.39, 0.29) is 0 Å². The molecule has 0 aliphatic heterocycles. The highest BCUT2D eigenvalue weighted by Crippen LogP contribution is 2.14. The summed E-state index contributed by atoms with van der Waals surface area (Å²) in [5, 5.41) is 0. The fourth-order valence-corrected chi connectivity index (χ4v) is 1.67. The van der Waals surface area contributed by atoms with Crippen LogP contribution in [0.2, 0.25) is 0 Å². The van der Waals surface area contributed by atoms with Gasteiger partial charge >= 0.3 is 0 Å². The average molecular weight is 242 g/mol. The van der Waals surface area contributed by atoms with Gasteiger partial charge in [-0.15, -0.1) is 0 Å². The molecule has 0 spiro atoms. The quantitative estimate of drug-likeness (QED) is 0.862. The van der Waals surface area contributed by atoms with E-state index in [9.17, 15) is 0 Å².